The Bertz CT molecular complexity index is 1230. The Kier molecular flexibility index (Phi) is 6.91. The number of thioether (sulfide) groups is 1. The summed E-state index contributed by atoms with van der Waals surface area (Å²) < 4.78 is 3.31. The maximum absolute atomic E-state index is 12.5. The van der Waals surface area contributed by atoms with Crippen LogP contribution in [0.2, 0.25) is 0 Å². The number of carbonyl (C=O) groups excluding carboxylic acids is 1. The predicted molar refractivity (Wildman–Crippen MR) is 134 cm³/mol. The first-order valence-electron chi connectivity index (χ1n) is 10.8. The van der Waals surface area contributed by atoms with E-state index >= 15 is 0 Å². The van der Waals surface area contributed by atoms with Crippen LogP contribution in [0.1, 0.15) is 44.5 Å². The lowest BCUT2D eigenvalue weighted by Crippen LogP contribution is -2.15. The van der Waals surface area contributed by atoms with Crippen LogP contribution < -0.4 is 5.32 Å². The zero-order valence-corrected chi connectivity index (χ0v) is 20.4. The van der Waals surface area contributed by atoms with Crippen LogP contribution in [0.25, 0.3) is 20.8 Å². The third-order valence-corrected chi connectivity index (χ3v) is 7.03. The molecule has 0 fully saturated rings. The monoisotopic (exact) mass is 465 g/mol. The fraction of sp³-hybridized carbons (Fsp3) is 0.333. The van der Waals surface area contributed by atoms with Crippen molar-refractivity contribution in [1.82, 2.24) is 19.7 Å². The van der Waals surface area contributed by atoms with E-state index < -0.39 is 0 Å². The maximum atomic E-state index is 12.5. The van der Waals surface area contributed by atoms with Gasteiger partial charge in [0, 0.05) is 23.7 Å². The van der Waals surface area contributed by atoms with E-state index in [0.29, 0.717) is 11.7 Å². The Morgan fingerprint density at radius 1 is 1.16 bits per heavy atom. The van der Waals surface area contributed by atoms with Crippen LogP contribution in [-0.2, 0) is 11.3 Å². The van der Waals surface area contributed by atoms with Gasteiger partial charge in [-0.1, -0.05) is 38.6 Å². The van der Waals surface area contributed by atoms with E-state index in [9.17, 15) is 4.79 Å². The first kappa shape index (κ1) is 22.5. The third-order valence-electron chi connectivity index (χ3n) is 5.00. The van der Waals surface area contributed by atoms with Crippen LogP contribution in [-0.4, -0.2) is 31.4 Å². The normalized spacial score (nSPS) is 11.4. The van der Waals surface area contributed by atoms with Gasteiger partial charge < -0.3 is 9.88 Å². The Morgan fingerprint density at radius 3 is 2.66 bits per heavy atom. The molecule has 2 aromatic carbocycles. The molecule has 0 radical (unpaired) electrons. The van der Waals surface area contributed by atoms with Crippen molar-refractivity contribution in [3.8, 4) is 10.6 Å². The first-order chi connectivity index (χ1) is 15.4. The lowest BCUT2D eigenvalue weighted by Gasteiger charge is -2.10. The number of aromatic nitrogens is 4. The molecule has 0 atom stereocenters. The number of amides is 1. The molecular formula is C24H27N5OS2. The number of thiazole rings is 1. The molecule has 0 saturated heterocycles. The SMILES string of the molecule is CCCn1c(SCC(=O)Nc2ccc(-c3nc4ccc(C)cc4s3)cc2)nnc1C(C)C. The lowest BCUT2D eigenvalue weighted by molar-refractivity contribution is -0.113. The maximum Gasteiger partial charge on any atom is 0.234 e. The Morgan fingerprint density at radius 2 is 1.94 bits per heavy atom. The van der Waals surface area contributed by atoms with Crippen LogP contribution in [0.5, 0.6) is 0 Å². The molecule has 8 heteroatoms. The number of rotatable bonds is 8. The molecule has 1 N–H and O–H groups in total. The fourth-order valence-corrected chi connectivity index (χ4v) is 5.29. The number of hydrogen-bond donors (Lipinski definition) is 1. The molecule has 0 spiro atoms. The molecule has 0 aliphatic carbocycles. The number of fused-ring (bicyclic) bond motifs is 1. The summed E-state index contributed by atoms with van der Waals surface area (Å²) in [6.07, 6.45) is 0.998. The zero-order chi connectivity index (χ0) is 22.7. The molecule has 0 bridgehead atoms. The second-order valence-corrected chi connectivity index (χ2v) is 10.0. The van der Waals surface area contributed by atoms with Crippen molar-refractivity contribution in [1.29, 1.82) is 0 Å². The van der Waals surface area contributed by atoms with Gasteiger partial charge in [0.15, 0.2) is 5.16 Å². The number of nitrogens with one attached hydrogen (secondary N) is 1. The van der Waals surface area contributed by atoms with Gasteiger partial charge in [-0.05, 0) is 55.3 Å². The molecule has 32 heavy (non-hydrogen) atoms. The molecule has 166 valence electrons. The number of hydrogen-bond acceptors (Lipinski definition) is 6. The molecule has 0 unspecified atom stereocenters. The van der Waals surface area contributed by atoms with Gasteiger partial charge in [0.2, 0.25) is 5.91 Å². The second-order valence-electron chi connectivity index (χ2n) is 8.05. The Hall–Kier alpha value is -2.71. The van der Waals surface area contributed by atoms with Gasteiger partial charge in [-0.25, -0.2) is 4.98 Å². The molecule has 4 aromatic rings. The molecule has 0 aliphatic rings. The minimum absolute atomic E-state index is 0.0599. The number of aryl methyl sites for hydroxylation is 1. The highest BCUT2D eigenvalue weighted by molar-refractivity contribution is 7.99. The van der Waals surface area contributed by atoms with E-state index in [1.807, 2.05) is 24.3 Å². The van der Waals surface area contributed by atoms with E-state index in [1.54, 1.807) is 11.3 Å². The highest BCUT2D eigenvalue weighted by Crippen LogP contribution is 2.31. The Balaban J connectivity index is 1.39. The quantitative estimate of drug-likeness (QED) is 0.317. The van der Waals surface area contributed by atoms with Gasteiger partial charge in [-0.2, -0.15) is 0 Å². The smallest absolute Gasteiger partial charge is 0.234 e. The summed E-state index contributed by atoms with van der Waals surface area (Å²) in [6, 6.07) is 14.1. The molecule has 2 aromatic heterocycles. The van der Waals surface area contributed by atoms with Crippen molar-refractivity contribution in [2.45, 2.75) is 51.7 Å². The number of benzene rings is 2. The summed E-state index contributed by atoms with van der Waals surface area (Å²) in [6.45, 7) is 9.29. The minimum atomic E-state index is -0.0599. The predicted octanol–water partition coefficient (Wildman–Crippen LogP) is 6.13. The molecule has 6 nitrogen and oxygen atoms in total. The summed E-state index contributed by atoms with van der Waals surface area (Å²) in [5, 5.41) is 13.4. The van der Waals surface area contributed by atoms with Crippen molar-refractivity contribution in [3.63, 3.8) is 0 Å². The average molecular weight is 466 g/mol. The second kappa shape index (κ2) is 9.83. The lowest BCUT2D eigenvalue weighted by atomic mass is 10.2. The van der Waals surface area contributed by atoms with Crippen LogP contribution in [0.3, 0.4) is 0 Å². The molecule has 4 rings (SSSR count). The first-order valence-corrected chi connectivity index (χ1v) is 12.6. The largest absolute Gasteiger partial charge is 0.325 e. The van der Waals surface area contributed by atoms with Gasteiger partial charge in [0.25, 0.3) is 0 Å². The summed E-state index contributed by atoms with van der Waals surface area (Å²) >= 11 is 3.11. The topological polar surface area (TPSA) is 72.7 Å². The molecule has 1 amide bonds. The zero-order valence-electron chi connectivity index (χ0n) is 18.8. The number of anilines is 1. The van der Waals surface area contributed by atoms with Gasteiger partial charge in [0.1, 0.15) is 10.8 Å². The summed E-state index contributed by atoms with van der Waals surface area (Å²) in [4.78, 5) is 17.2. The van der Waals surface area contributed by atoms with Crippen LogP contribution >= 0.6 is 23.1 Å². The number of nitrogens with zero attached hydrogens (tertiary/aromatic N) is 4. The van der Waals surface area contributed by atoms with Crippen LogP contribution in [0, 0.1) is 6.92 Å². The van der Waals surface area contributed by atoms with E-state index in [2.05, 4.69) is 66.0 Å². The minimum Gasteiger partial charge on any atom is -0.325 e. The highest BCUT2D eigenvalue weighted by Gasteiger charge is 2.16. The van der Waals surface area contributed by atoms with Gasteiger partial charge in [-0.3, -0.25) is 4.79 Å². The van der Waals surface area contributed by atoms with Crippen LogP contribution in [0.15, 0.2) is 47.6 Å². The van der Waals surface area contributed by atoms with Gasteiger partial charge >= 0.3 is 0 Å². The molecule has 0 saturated carbocycles. The average Bonchev–Trinajstić information content (AvgIpc) is 3.37. The summed E-state index contributed by atoms with van der Waals surface area (Å²) in [5.41, 5.74) is 4.07. The van der Waals surface area contributed by atoms with E-state index in [0.717, 1.165) is 45.7 Å². The third kappa shape index (κ3) is 5.02. The summed E-state index contributed by atoms with van der Waals surface area (Å²) in [7, 11) is 0. The number of carbonyl (C=O) groups is 1. The van der Waals surface area contributed by atoms with E-state index in [1.165, 1.54) is 22.0 Å². The highest BCUT2D eigenvalue weighted by atomic mass is 32.2. The van der Waals surface area contributed by atoms with E-state index in [-0.39, 0.29) is 5.91 Å². The fourth-order valence-electron chi connectivity index (χ4n) is 3.45. The Labute approximate surface area is 196 Å². The van der Waals surface area contributed by atoms with Crippen molar-refractivity contribution < 1.29 is 4.79 Å². The summed E-state index contributed by atoms with van der Waals surface area (Å²) in [5.74, 6) is 1.50. The van der Waals surface area contributed by atoms with Crippen molar-refractivity contribution in [2.24, 2.45) is 0 Å². The van der Waals surface area contributed by atoms with Crippen molar-refractivity contribution >= 4 is 44.9 Å². The van der Waals surface area contributed by atoms with Crippen molar-refractivity contribution in [2.75, 3.05) is 11.1 Å². The standard InChI is InChI=1S/C24H27N5OS2/c1-5-12-29-22(15(2)3)27-28-24(29)31-14-21(30)25-18-9-7-17(8-10-18)23-26-19-11-6-16(4)13-20(19)32-23/h6-11,13,15H,5,12,14H2,1-4H3,(H,25,30). The van der Waals surface area contributed by atoms with Crippen molar-refractivity contribution in [3.05, 3.63) is 53.9 Å². The van der Waals surface area contributed by atoms with Crippen LogP contribution in [0.4, 0.5) is 5.69 Å². The van der Waals surface area contributed by atoms with E-state index in [4.69, 9.17) is 4.98 Å². The van der Waals surface area contributed by atoms with Gasteiger partial charge in [-0.15, -0.1) is 21.5 Å². The molecule has 0 aliphatic heterocycles. The molecule has 2 heterocycles. The van der Waals surface area contributed by atoms with Gasteiger partial charge in [0.05, 0.1) is 16.0 Å². The molecular weight excluding hydrogens is 438 g/mol.